The SMILES string of the molecule is Cc1nc(C)c(C(=O)N2CCCN(C(=O)c3cccs3)CC2)s1. The van der Waals surface area contributed by atoms with Gasteiger partial charge in [0.2, 0.25) is 0 Å². The topological polar surface area (TPSA) is 53.5 Å². The van der Waals surface area contributed by atoms with Crippen molar-refractivity contribution in [2.75, 3.05) is 26.2 Å². The van der Waals surface area contributed by atoms with Crippen LogP contribution in [0.25, 0.3) is 0 Å². The number of thiophene rings is 1. The molecule has 3 heterocycles. The monoisotopic (exact) mass is 349 g/mol. The van der Waals surface area contributed by atoms with Gasteiger partial charge < -0.3 is 9.80 Å². The lowest BCUT2D eigenvalue weighted by Crippen LogP contribution is -2.37. The predicted octanol–water partition coefficient (Wildman–Crippen LogP) is 2.81. The van der Waals surface area contributed by atoms with E-state index in [9.17, 15) is 9.59 Å². The van der Waals surface area contributed by atoms with Crippen LogP contribution >= 0.6 is 22.7 Å². The van der Waals surface area contributed by atoms with Crippen LogP contribution in [-0.2, 0) is 0 Å². The minimum Gasteiger partial charge on any atom is -0.336 e. The van der Waals surface area contributed by atoms with Crippen LogP contribution in [0.5, 0.6) is 0 Å². The zero-order valence-electron chi connectivity index (χ0n) is 13.2. The molecule has 2 amide bonds. The minimum atomic E-state index is 0.0403. The largest absolute Gasteiger partial charge is 0.336 e. The van der Waals surface area contributed by atoms with Crippen molar-refractivity contribution in [2.24, 2.45) is 0 Å². The Morgan fingerprint density at radius 1 is 1.09 bits per heavy atom. The second-order valence-corrected chi connectivity index (χ2v) is 7.71. The molecule has 0 radical (unpaired) electrons. The summed E-state index contributed by atoms with van der Waals surface area (Å²) in [6.45, 7) is 6.33. The van der Waals surface area contributed by atoms with Gasteiger partial charge in [-0.3, -0.25) is 9.59 Å². The number of thiazole rings is 1. The number of carbonyl (C=O) groups excluding carboxylic acids is 2. The van der Waals surface area contributed by atoms with Gasteiger partial charge in [0.05, 0.1) is 15.6 Å². The van der Waals surface area contributed by atoms with Crippen LogP contribution in [0.1, 0.15) is 36.5 Å². The summed E-state index contributed by atoms with van der Waals surface area (Å²) in [5.74, 6) is 0.109. The highest BCUT2D eigenvalue weighted by Crippen LogP contribution is 2.21. The average molecular weight is 349 g/mol. The Balaban J connectivity index is 1.68. The van der Waals surface area contributed by atoms with Crippen LogP contribution in [0.15, 0.2) is 17.5 Å². The Hall–Kier alpha value is -1.73. The second-order valence-electron chi connectivity index (χ2n) is 5.56. The fourth-order valence-corrected chi connectivity index (χ4v) is 4.33. The number of amides is 2. The first kappa shape index (κ1) is 16.1. The van der Waals surface area contributed by atoms with Gasteiger partial charge in [-0.1, -0.05) is 6.07 Å². The van der Waals surface area contributed by atoms with E-state index in [0.717, 1.165) is 26.9 Å². The molecule has 1 aliphatic rings. The highest BCUT2D eigenvalue weighted by atomic mass is 32.1. The van der Waals surface area contributed by atoms with E-state index in [2.05, 4.69) is 4.98 Å². The van der Waals surface area contributed by atoms with Crippen LogP contribution in [0.4, 0.5) is 0 Å². The van der Waals surface area contributed by atoms with Gasteiger partial charge in [0, 0.05) is 26.2 Å². The molecule has 122 valence electrons. The summed E-state index contributed by atoms with van der Waals surface area (Å²) in [5.41, 5.74) is 0.799. The van der Waals surface area contributed by atoms with E-state index in [-0.39, 0.29) is 11.8 Å². The van der Waals surface area contributed by atoms with Crippen molar-refractivity contribution < 1.29 is 9.59 Å². The van der Waals surface area contributed by atoms with Crippen molar-refractivity contribution in [1.29, 1.82) is 0 Å². The molecule has 23 heavy (non-hydrogen) atoms. The van der Waals surface area contributed by atoms with Crippen molar-refractivity contribution in [3.05, 3.63) is 38.0 Å². The highest BCUT2D eigenvalue weighted by molar-refractivity contribution is 7.13. The van der Waals surface area contributed by atoms with E-state index < -0.39 is 0 Å². The van der Waals surface area contributed by atoms with Gasteiger partial charge in [0.1, 0.15) is 4.88 Å². The molecule has 2 aromatic rings. The number of aryl methyl sites for hydroxylation is 2. The predicted molar refractivity (Wildman–Crippen MR) is 92.3 cm³/mol. The maximum Gasteiger partial charge on any atom is 0.265 e. The first-order valence-electron chi connectivity index (χ1n) is 7.62. The molecule has 0 N–H and O–H groups in total. The number of nitrogens with zero attached hydrogens (tertiary/aromatic N) is 3. The first-order chi connectivity index (χ1) is 11.1. The summed E-state index contributed by atoms with van der Waals surface area (Å²) in [6, 6.07) is 3.74. The van der Waals surface area contributed by atoms with Gasteiger partial charge in [0.25, 0.3) is 11.8 Å². The normalized spacial score (nSPS) is 15.6. The lowest BCUT2D eigenvalue weighted by Gasteiger charge is -2.21. The van der Waals surface area contributed by atoms with Crippen LogP contribution in [0.3, 0.4) is 0 Å². The number of carbonyl (C=O) groups is 2. The Morgan fingerprint density at radius 3 is 2.35 bits per heavy atom. The molecule has 0 atom stereocenters. The molecule has 0 spiro atoms. The van der Waals surface area contributed by atoms with Gasteiger partial charge in [-0.05, 0) is 31.7 Å². The third-order valence-corrected chi connectivity index (χ3v) is 5.82. The molecule has 0 bridgehead atoms. The van der Waals surface area contributed by atoms with E-state index in [1.807, 2.05) is 41.2 Å². The Bertz CT molecular complexity index is 709. The van der Waals surface area contributed by atoms with Gasteiger partial charge in [-0.15, -0.1) is 22.7 Å². The maximum atomic E-state index is 12.7. The summed E-state index contributed by atoms with van der Waals surface area (Å²) in [5, 5.41) is 2.82. The van der Waals surface area contributed by atoms with Gasteiger partial charge in [-0.2, -0.15) is 0 Å². The Morgan fingerprint density at radius 2 is 1.78 bits per heavy atom. The smallest absolute Gasteiger partial charge is 0.265 e. The molecule has 2 aromatic heterocycles. The summed E-state index contributed by atoms with van der Waals surface area (Å²) in [7, 11) is 0. The summed E-state index contributed by atoms with van der Waals surface area (Å²) < 4.78 is 0. The fraction of sp³-hybridized carbons (Fsp3) is 0.438. The van der Waals surface area contributed by atoms with Crippen LogP contribution < -0.4 is 0 Å². The molecule has 0 aromatic carbocycles. The van der Waals surface area contributed by atoms with Crippen LogP contribution in [0, 0.1) is 13.8 Å². The molecule has 0 unspecified atom stereocenters. The molecule has 0 aliphatic carbocycles. The summed E-state index contributed by atoms with van der Waals surface area (Å²) in [6.07, 6.45) is 0.805. The molecule has 1 aliphatic heterocycles. The maximum absolute atomic E-state index is 12.7. The average Bonchev–Trinajstić information content (AvgIpc) is 3.09. The first-order valence-corrected chi connectivity index (χ1v) is 9.32. The quantitative estimate of drug-likeness (QED) is 0.838. The van der Waals surface area contributed by atoms with E-state index in [0.29, 0.717) is 26.2 Å². The number of hydrogen-bond donors (Lipinski definition) is 0. The number of hydrogen-bond acceptors (Lipinski definition) is 5. The molecule has 1 saturated heterocycles. The van der Waals surface area contributed by atoms with Crippen molar-refractivity contribution in [3.63, 3.8) is 0 Å². The van der Waals surface area contributed by atoms with Gasteiger partial charge in [0.15, 0.2) is 0 Å². The van der Waals surface area contributed by atoms with Crippen LogP contribution in [0.2, 0.25) is 0 Å². The molecular weight excluding hydrogens is 330 g/mol. The van der Waals surface area contributed by atoms with Crippen molar-refractivity contribution >= 4 is 34.5 Å². The van der Waals surface area contributed by atoms with E-state index >= 15 is 0 Å². The highest BCUT2D eigenvalue weighted by Gasteiger charge is 2.25. The zero-order chi connectivity index (χ0) is 16.4. The molecular formula is C16H19N3O2S2. The zero-order valence-corrected chi connectivity index (χ0v) is 14.9. The van der Waals surface area contributed by atoms with Gasteiger partial charge >= 0.3 is 0 Å². The summed E-state index contributed by atoms with van der Waals surface area (Å²) in [4.78, 5) is 34.6. The van der Waals surface area contributed by atoms with E-state index in [4.69, 9.17) is 0 Å². The third-order valence-electron chi connectivity index (χ3n) is 3.90. The molecule has 1 fully saturated rings. The summed E-state index contributed by atoms with van der Waals surface area (Å²) >= 11 is 2.91. The van der Waals surface area contributed by atoms with Crippen molar-refractivity contribution in [3.8, 4) is 0 Å². The van der Waals surface area contributed by atoms with Gasteiger partial charge in [-0.25, -0.2) is 4.98 Å². The van der Waals surface area contributed by atoms with Crippen molar-refractivity contribution in [2.45, 2.75) is 20.3 Å². The van der Waals surface area contributed by atoms with E-state index in [1.165, 1.54) is 22.7 Å². The molecule has 5 nitrogen and oxygen atoms in total. The van der Waals surface area contributed by atoms with Crippen molar-refractivity contribution in [1.82, 2.24) is 14.8 Å². The lowest BCUT2D eigenvalue weighted by molar-refractivity contribution is 0.0723. The molecule has 3 rings (SSSR count). The second kappa shape index (κ2) is 6.80. The number of rotatable bonds is 2. The molecule has 0 saturated carbocycles. The standard InChI is InChI=1S/C16H19N3O2S2/c1-11-14(23-12(2)17-11)16(21)19-7-4-6-18(8-9-19)15(20)13-5-3-10-22-13/h3,5,10H,4,6-9H2,1-2H3. The molecule has 7 heteroatoms. The number of aromatic nitrogens is 1. The Labute approximate surface area is 143 Å². The Kier molecular flexibility index (Phi) is 4.77. The van der Waals surface area contributed by atoms with Crippen LogP contribution in [-0.4, -0.2) is 52.8 Å². The van der Waals surface area contributed by atoms with E-state index in [1.54, 1.807) is 0 Å². The minimum absolute atomic E-state index is 0.0403. The lowest BCUT2D eigenvalue weighted by atomic mass is 10.3. The third kappa shape index (κ3) is 3.45. The fourth-order valence-electron chi connectivity index (χ4n) is 2.75.